The second kappa shape index (κ2) is 6.22. The highest BCUT2D eigenvalue weighted by Gasteiger charge is 1.99. The molecule has 0 aromatic heterocycles. The van der Waals surface area contributed by atoms with E-state index in [-0.39, 0.29) is 4.92 Å². The second-order valence-corrected chi connectivity index (χ2v) is 3.12. The van der Waals surface area contributed by atoms with E-state index in [1.165, 1.54) is 11.8 Å². The van der Waals surface area contributed by atoms with Crippen LogP contribution in [0.2, 0.25) is 0 Å². The minimum absolute atomic E-state index is 0.387. The van der Waals surface area contributed by atoms with E-state index in [0.717, 1.165) is 30.4 Å². The maximum absolute atomic E-state index is 10.0. The summed E-state index contributed by atoms with van der Waals surface area (Å²) in [5, 5.41) is 10.0. The maximum Gasteiger partial charge on any atom is 0.243 e. The van der Waals surface area contributed by atoms with Gasteiger partial charge in [0.25, 0.3) is 0 Å². The molecule has 0 spiro atoms. The van der Waals surface area contributed by atoms with Gasteiger partial charge >= 0.3 is 0 Å². The van der Waals surface area contributed by atoms with Crippen molar-refractivity contribution in [1.29, 1.82) is 0 Å². The molecule has 0 aliphatic heterocycles. The van der Waals surface area contributed by atoms with E-state index < -0.39 is 0 Å². The van der Waals surface area contributed by atoms with Crippen molar-refractivity contribution in [1.82, 2.24) is 0 Å². The van der Waals surface area contributed by atoms with Gasteiger partial charge in [-0.1, -0.05) is 13.3 Å². The first kappa shape index (κ1) is 10.5. The summed E-state index contributed by atoms with van der Waals surface area (Å²) >= 11 is 1.46. The zero-order valence-electron chi connectivity index (χ0n) is 6.87. The maximum atomic E-state index is 10.0. The molecule has 0 saturated heterocycles. The molecule has 0 bridgehead atoms. The van der Waals surface area contributed by atoms with Crippen molar-refractivity contribution in [3.63, 3.8) is 0 Å². The van der Waals surface area contributed by atoms with Crippen LogP contribution in [0.3, 0.4) is 0 Å². The normalized spacial score (nSPS) is 11.6. The quantitative estimate of drug-likeness (QED) is 0.476. The van der Waals surface area contributed by atoms with E-state index in [1.54, 1.807) is 0 Å². The van der Waals surface area contributed by atoms with Gasteiger partial charge in [0.1, 0.15) is 0 Å². The number of rotatable bonds is 5. The van der Waals surface area contributed by atoms with E-state index in [0.29, 0.717) is 0 Å². The van der Waals surface area contributed by atoms with Gasteiger partial charge in [-0.05, 0) is 19.1 Å². The van der Waals surface area contributed by atoms with Crippen molar-refractivity contribution in [3.8, 4) is 0 Å². The third kappa shape index (κ3) is 5.91. The fourth-order valence-corrected chi connectivity index (χ4v) is 1.23. The number of allylic oxidation sites excluding steroid dienone is 1. The molecular weight excluding hydrogens is 162 g/mol. The first-order valence-corrected chi connectivity index (χ1v) is 4.81. The first-order valence-electron chi connectivity index (χ1n) is 3.59. The summed E-state index contributed by atoms with van der Waals surface area (Å²) in [4.78, 5) is 10.5. The lowest BCUT2D eigenvalue weighted by atomic mass is 10.2. The average molecular weight is 175 g/mol. The molecule has 4 heteroatoms. The van der Waals surface area contributed by atoms with Crippen LogP contribution in [-0.2, 0) is 0 Å². The number of hydrogen-bond acceptors (Lipinski definition) is 3. The third-order valence-electron chi connectivity index (χ3n) is 1.29. The summed E-state index contributed by atoms with van der Waals surface area (Å²) < 4.78 is 0. The Bertz CT molecular complexity index is 157. The average Bonchev–Trinajstić information content (AvgIpc) is 1.97. The van der Waals surface area contributed by atoms with Crippen LogP contribution in [0.25, 0.3) is 0 Å². The molecule has 3 nitrogen and oxygen atoms in total. The number of nitrogens with zero attached hydrogens (tertiary/aromatic N) is 1. The van der Waals surface area contributed by atoms with Gasteiger partial charge in [-0.3, -0.25) is 10.1 Å². The van der Waals surface area contributed by atoms with Crippen LogP contribution >= 0.6 is 11.8 Å². The number of nitro groups is 1. The van der Waals surface area contributed by atoms with Gasteiger partial charge in [0.15, 0.2) is 0 Å². The Kier molecular flexibility index (Phi) is 5.93. The fourth-order valence-electron chi connectivity index (χ4n) is 0.688. The Balaban J connectivity index is 3.84. The Morgan fingerprint density at radius 1 is 1.73 bits per heavy atom. The largest absolute Gasteiger partial charge is 0.259 e. The molecule has 64 valence electrons. The standard InChI is InChI=1S/C7H13NO2S/c1-3-4-5-7(11-2)6-8(9)10/h6H,3-5H2,1-2H3/b7-6-. The molecule has 0 aromatic rings. The molecule has 0 amide bonds. The Labute approximate surface area is 71.0 Å². The lowest BCUT2D eigenvalue weighted by Crippen LogP contribution is -1.87. The Morgan fingerprint density at radius 3 is 2.73 bits per heavy atom. The molecule has 0 radical (unpaired) electrons. The van der Waals surface area contributed by atoms with Gasteiger partial charge in [-0.25, -0.2) is 0 Å². The zero-order chi connectivity index (χ0) is 8.69. The minimum atomic E-state index is -0.387. The number of unbranched alkanes of at least 4 members (excludes halogenated alkanes) is 1. The molecule has 0 rings (SSSR count). The monoisotopic (exact) mass is 175 g/mol. The van der Waals surface area contributed by atoms with Crippen LogP contribution in [0.15, 0.2) is 11.1 Å². The third-order valence-corrected chi connectivity index (χ3v) is 2.12. The van der Waals surface area contributed by atoms with Crippen LogP contribution < -0.4 is 0 Å². The van der Waals surface area contributed by atoms with Crippen molar-refractivity contribution in [2.75, 3.05) is 6.26 Å². The van der Waals surface area contributed by atoms with E-state index in [9.17, 15) is 10.1 Å². The smallest absolute Gasteiger partial charge is 0.243 e. The molecule has 0 aliphatic carbocycles. The second-order valence-electron chi connectivity index (χ2n) is 2.19. The highest BCUT2D eigenvalue weighted by molar-refractivity contribution is 8.02. The van der Waals surface area contributed by atoms with Crippen LogP contribution in [-0.4, -0.2) is 11.2 Å². The lowest BCUT2D eigenvalue weighted by Gasteiger charge is -1.97. The van der Waals surface area contributed by atoms with Gasteiger partial charge < -0.3 is 0 Å². The summed E-state index contributed by atoms with van der Waals surface area (Å²) in [6.07, 6.45) is 5.90. The van der Waals surface area contributed by atoms with Crippen molar-refractivity contribution >= 4 is 11.8 Å². The lowest BCUT2D eigenvalue weighted by molar-refractivity contribution is -0.403. The van der Waals surface area contributed by atoms with Crippen LogP contribution in [0.1, 0.15) is 26.2 Å². The van der Waals surface area contributed by atoms with Gasteiger partial charge in [0, 0.05) is 0 Å². The topological polar surface area (TPSA) is 43.1 Å². The highest BCUT2D eigenvalue weighted by Crippen LogP contribution is 2.18. The number of hydrogen-bond donors (Lipinski definition) is 0. The van der Waals surface area contributed by atoms with Crippen molar-refractivity contribution in [2.45, 2.75) is 26.2 Å². The molecule has 0 heterocycles. The SMILES string of the molecule is CCCC/C(=C/[N+](=O)[O-])SC. The minimum Gasteiger partial charge on any atom is -0.259 e. The molecule has 0 saturated carbocycles. The van der Waals surface area contributed by atoms with Crippen LogP contribution in [0, 0.1) is 10.1 Å². The first-order chi connectivity index (χ1) is 5.20. The fraction of sp³-hybridized carbons (Fsp3) is 0.714. The molecule has 0 aromatic carbocycles. The highest BCUT2D eigenvalue weighted by atomic mass is 32.2. The Morgan fingerprint density at radius 2 is 2.36 bits per heavy atom. The molecule has 0 N–H and O–H groups in total. The van der Waals surface area contributed by atoms with Crippen molar-refractivity contribution < 1.29 is 4.92 Å². The van der Waals surface area contributed by atoms with Crippen LogP contribution in [0.5, 0.6) is 0 Å². The van der Waals surface area contributed by atoms with Crippen LogP contribution in [0.4, 0.5) is 0 Å². The van der Waals surface area contributed by atoms with Crippen molar-refractivity contribution in [3.05, 3.63) is 21.2 Å². The molecule has 0 atom stereocenters. The van der Waals surface area contributed by atoms with Crippen molar-refractivity contribution in [2.24, 2.45) is 0 Å². The van der Waals surface area contributed by atoms with E-state index >= 15 is 0 Å². The van der Waals surface area contributed by atoms with Gasteiger partial charge in [0.2, 0.25) is 6.20 Å². The predicted molar refractivity (Wildman–Crippen MR) is 48.1 cm³/mol. The summed E-state index contributed by atoms with van der Waals surface area (Å²) in [5.41, 5.74) is 0. The Hall–Kier alpha value is -0.510. The molecular formula is C7H13NO2S. The van der Waals surface area contributed by atoms with Gasteiger partial charge in [-0.2, -0.15) is 0 Å². The van der Waals surface area contributed by atoms with E-state index in [4.69, 9.17) is 0 Å². The van der Waals surface area contributed by atoms with Gasteiger partial charge in [0.05, 0.1) is 9.83 Å². The molecule has 11 heavy (non-hydrogen) atoms. The molecule has 0 unspecified atom stereocenters. The number of thioether (sulfide) groups is 1. The summed E-state index contributed by atoms with van der Waals surface area (Å²) in [6, 6.07) is 0. The summed E-state index contributed by atoms with van der Waals surface area (Å²) in [5.74, 6) is 0. The summed E-state index contributed by atoms with van der Waals surface area (Å²) in [6.45, 7) is 2.07. The van der Waals surface area contributed by atoms with Gasteiger partial charge in [-0.15, -0.1) is 11.8 Å². The molecule has 0 aliphatic rings. The molecule has 0 fully saturated rings. The predicted octanol–water partition coefficient (Wildman–Crippen LogP) is 2.66. The zero-order valence-corrected chi connectivity index (χ0v) is 7.69. The van der Waals surface area contributed by atoms with E-state index in [2.05, 4.69) is 6.92 Å². The van der Waals surface area contributed by atoms with E-state index in [1.807, 2.05) is 6.26 Å². The summed E-state index contributed by atoms with van der Waals surface area (Å²) in [7, 11) is 0.